The van der Waals surface area contributed by atoms with Gasteiger partial charge < -0.3 is 10.6 Å². The Morgan fingerprint density at radius 1 is 1.29 bits per heavy atom. The third-order valence-electron chi connectivity index (χ3n) is 2.97. The van der Waals surface area contributed by atoms with E-state index in [0.717, 1.165) is 17.4 Å². The average molecular weight is 299 g/mol. The molecule has 0 aliphatic carbocycles. The predicted octanol–water partition coefficient (Wildman–Crippen LogP) is 3.58. The molecule has 0 radical (unpaired) electrons. The van der Waals surface area contributed by atoms with Crippen LogP contribution in [0.4, 0.5) is 5.69 Å². The maximum atomic E-state index is 5.66. The van der Waals surface area contributed by atoms with Crippen molar-refractivity contribution in [2.75, 3.05) is 25.0 Å². The van der Waals surface area contributed by atoms with E-state index in [1.54, 1.807) is 0 Å². The number of anilines is 1. The SMILES string of the molecule is CCCCCN(C)c1cc(Br)ccc1CCN. The fourth-order valence-electron chi connectivity index (χ4n) is 1.98. The third kappa shape index (κ3) is 4.68. The molecule has 0 saturated carbocycles. The van der Waals surface area contributed by atoms with Crippen molar-refractivity contribution in [3.05, 3.63) is 28.2 Å². The molecule has 1 aromatic carbocycles. The van der Waals surface area contributed by atoms with Crippen molar-refractivity contribution >= 4 is 21.6 Å². The summed E-state index contributed by atoms with van der Waals surface area (Å²) in [4.78, 5) is 2.34. The highest BCUT2D eigenvalue weighted by atomic mass is 79.9. The summed E-state index contributed by atoms with van der Waals surface area (Å²) in [5, 5.41) is 0. The summed E-state index contributed by atoms with van der Waals surface area (Å²) < 4.78 is 1.13. The Morgan fingerprint density at radius 3 is 2.71 bits per heavy atom. The lowest BCUT2D eigenvalue weighted by Crippen LogP contribution is -2.20. The fraction of sp³-hybridized carbons (Fsp3) is 0.571. The zero-order chi connectivity index (χ0) is 12.7. The number of nitrogens with two attached hydrogens (primary N) is 1. The summed E-state index contributed by atoms with van der Waals surface area (Å²) in [5.74, 6) is 0. The molecule has 0 atom stereocenters. The molecule has 96 valence electrons. The Kier molecular flexibility index (Phi) is 6.60. The van der Waals surface area contributed by atoms with E-state index in [0.29, 0.717) is 6.54 Å². The van der Waals surface area contributed by atoms with Crippen molar-refractivity contribution in [3.8, 4) is 0 Å². The molecule has 0 aromatic heterocycles. The molecular weight excluding hydrogens is 276 g/mol. The van der Waals surface area contributed by atoms with E-state index in [2.05, 4.69) is 53.0 Å². The minimum atomic E-state index is 0.706. The fourth-order valence-corrected chi connectivity index (χ4v) is 2.33. The van der Waals surface area contributed by atoms with Crippen molar-refractivity contribution in [1.82, 2.24) is 0 Å². The molecule has 0 bridgehead atoms. The van der Waals surface area contributed by atoms with E-state index >= 15 is 0 Å². The third-order valence-corrected chi connectivity index (χ3v) is 3.46. The van der Waals surface area contributed by atoms with Gasteiger partial charge in [0.05, 0.1) is 0 Å². The topological polar surface area (TPSA) is 29.3 Å². The van der Waals surface area contributed by atoms with Crippen molar-refractivity contribution in [3.63, 3.8) is 0 Å². The van der Waals surface area contributed by atoms with Gasteiger partial charge in [0.25, 0.3) is 0 Å². The minimum absolute atomic E-state index is 0.706. The van der Waals surface area contributed by atoms with Crippen molar-refractivity contribution in [2.24, 2.45) is 5.73 Å². The van der Waals surface area contributed by atoms with E-state index in [4.69, 9.17) is 5.73 Å². The monoisotopic (exact) mass is 298 g/mol. The standard InChI is InChI=1S/C14H23BrN2/c1-3-4-5-10-17(2)14-11-13(15)7-6-12(14)8-9-16/h6-7,11H,3-5,8-10,16H2,1-2H3. The number of hydrogen-bond donors (Lipinski definition) is 1. The smallest absolute Gasteiger partial charge is 0.0407 e. The summed E-state index contributed by atoms with van der Waals surface area (Å²) in [6.07, 6.45) is 4.76. The van der Waals surface area contributed by atoms with Gasteiger partial charge in [-0.05, 0) is 37.1 Å². The molecule has 2 N–H and O–H groups in total. The lowest BCUT2D eigenvalue weighted by Gasteiger charge is -2.22. The minimum Gasteiger partial charge on any atom is -0.374 e. The largest absolute Gasteiger partial charge is 0.374 e. The van der Waals surface area contributed by atoms with Gasteiger partial charge in [-0.3, -0.25) is 0 Å². The van der Waals surface area contributed by atoms with Gasteiger partial charge in [0.15, 0.2) is 0 Å². The van der Waals surface area contributed by atoms with Crippen LogP contribution in [0.5, 0.6) is 0 Å². The molecule has 1 aromatic rings. The number of rotatable bonds is 7. The summed E-state index contributed by atoms with van der Waals surface area (Å²) in [6.45, 7) is 4.05. The highest BCUT2D eigenvalue weighted by molar-refractivity contribution is 9.10. The lowest BCUT2D eigenvalue weighted by molar-refractivity contribution is 0.703. The Balaban J connectivity index is 2.74. The molecule has 0 amide bonds. The van der Waals surface area contributed by atoms with Gasteiger partial charge in [0.1, 0.15) is 0 Å². The number of hydrogen-bond acceptors (Lipinski definition) is 2. The van der Waals surface area contributed by atoms with Crippen LogP contribution in [0.2, 0.25) is 0 Å². The predicted molar refractivity (Wildman–Crippen MR) is 79.7 cm³/mol. The van der Waals surface area contributed by atoms with Gasteiger partial charge in [0, 0.05) is 23.8 Å². The summed E-state index contributed by atoms with van der Waals surface area (Å²) in [7, 11) is 2.16. The first kappa shape index (κ1) is 14.5. The number of unbranched alkanes of at least 4 members (excludes halogenated alkanes) is 2. The summed E-state index contributed by atoms with van der Waals surface area (Å²) in [5.41, 5.74) is 8.31. The normalized spacial score (nSPS) is 10.6. The summed E-state index contributed by atoms with van der Waals surface area (Å²) >= 11 is 3.54. The molecule has 2 nitrogen and oxygen atoms in total. The molecule has 17 heavy (non-hydrogen) atoms. The first-order valence-electron chi connectivity index (χ1n) is 6.38. The quantitative estimate of drug-likeness (QED) is 0.780. The van der Waals surface area contributed by atoms with E-state index in [1.807, 2.05) is 0 Å². The van der Waals surface area contributed by atoms with Gasteiger partial charge in [-0.25, -0.2) is 0 Å². The molecule has 0 unspecified atom stereocenters. The van der Waals surface area contributed by atoms with Gasteiger partial charge >= 0.3 is 0 Å². The number of benzene rings is 1. The molecule has 0 aliphatic heterocycles. The molecule has 1 rings (SSSR count). The van der Waals surface area contributed by atoms with E-state index < -0.39 is 0 Å². The first-order valence-corrected chi connectivity index (χ1v) is 7.18. The maximum Gasteiger partial charge on any atom is 0.0407 e. The Bertz CT molecular complexity index is 339. The maximum absolute atomic E-state index is 5.66. The van der Waals surface area contributed by atoms with Gasteiger partial charge in [-0.15, -0.1) is 0 Å². The zero-order valence-electron chi connectivity index (χ0n) is 10.9. The van der Waals surface area contributed by atoms with E-state index in [-0.39, 0.29) is 0 Å². The second-order valence-corrected chi connectivity index (χ2v) is 5.36. The second-order valence-electron chi connectivity index (χ2n) is 4.44. The second kappa shape index (κ2) is 7.72. The molecule has 3 heteroatoms. The molecular formula is C14H23BrN2. The van der Waals surface area contributed by atoms with Crippen LogP contribution in [0, 0.1) is 0 Å². The average Bonchev–Trinajstić information content (AvgIpc) is 2.32. The lowest BCUT2D eigenvalue weighted by atomic mass is 10.1. The van der Waals surface area contributed by atoms with Crippen LogP contribution >= 0.6 is 15.9 Å². The van der Waals surface area contributed by atoms with Crippen LogP contribution < -0.4 is 10.6 Å². The van der Waals surface area contributed by atoms with Gasteiger partial charge in [0.2, 0.25) is 0 Å². The zero-order valence-corrected chi connectivity index (χ0v) is 12.5. The van der Waals surface area contributed by atoms with E-state index in [1.165, 1.54) is 30.5 Å². The van der Waals surface area contributed by atoms with Gasteiger partial charge in [-0.2, -0.15) is 0 Å². The van der Waals surface area contributed by atoms with Crippen LogP contribution in [-0.2, 0) is 6.42 Å². The molecule has 0 fully saturated rings. The van der Waals surface area contributed by atoms with Crippen LogP contribution in [0.25, 0.3) is 0 Å². The Labute approximate surface area is 113 Å². The van der Waals surface area contributed by atoms with Crippen molar-refractivity contribution in [1.29, 1.82) is 0 Å². The first-order chi connectivity index (χ1) is 8.19. The molecule has 0 spiro atoms. The molecule has 0 aliphatic rings. The highest BCUT2D eigenvalue weighted by Crippen LogP contribution is 2.25. The Morgan fingerprint density at radius 2 is 2.06 bits per heavy atom. The summed E-state index contributed by atoms with van der Waals surface area (Å²) in [6, 6.07) is 6.45. The molecule has 0 saturated heterocycles. The number of halogens is 1. The van der Waals surface area contributed by atoms with Crippen molar-refractivity contribution in [2.45, 2.75) is 32.6 Å². The van der Waals surface area contributed by atoms with Crippen LogP contribution in [0.15, 0.2) is 22.7 Å². The van der Waals surface area contributed by atoms with Gasteiger partial charge in [-0.1, -0.05) is 41.8 Å². The highest BCUT2D eigenvalue weighted by Gasteiger charge is 2.07. The Hall–Kier alpha value is -0.540. The van der Waals surface area contributed by atoms with Crippen LogP contribution in [0.1, 0.15) is 31.7 Å². The van der Waals surface area contributed by atoms with Crippen LogP contribution in [0.3, 0.4) is 0 Å². The van der Waals surface area contributed by atoms with Crippen LogP contribution in [-0.4, -0.2) is 20.1 Å². The number of nitrogens with zero attached hydrogens (tertiary/aromatic N) is 1. The molecule has 0 heterocycles. The van der Waals surface area contributed by atoms with E-state index in [9.17, 15) is 0 Å². The van der Waals surface area contributed by atoms with Crippen molar-refractivity contribution < 1.29 is 0 Å².